The Bertz CT molecular complexity index is 473. The minimum Gasteiger partial charge on any atom is -0.406 e. The van der Waals surface area contributed by atoms with Crippen LogP contribution in [0, 0.1) is 0 Å². The molecule has 0 bridgehead atoms. The number of aromatic nitrogens is 4. The second-order valence-electron chi connectivity index (χ2n) is 4.06. The van der Waals surface area contributed by atoms with Gasteiger partial charge in [0.25, 0.3) is 5.89 Å². The number of rotatable bonds is 1. The Kier molecular flexibility index (Phi) is 2.47. The Morgan fingerprint density at radius 3 is 2.47 bits per heavy atom. The molecule has 0 aliphatic heterocycles. The molecule has 0 atom stereocenters. The van der Waals surface area contributed by atoms with Crippen molar-refractivity contribution < 1.29 is 4.42 Å². The molecule has 5 nitrogen and oxygen atoms in total. The van der Waals surface area contributed by atoms with Crippen molar-refractivity contribution in [2.45, 2.75) is 26.2 Å². The zero-order valence-corrected chi connectivity index (χ0v) is 10.1. The van der Waals surface area contributed by atoms with Crippen molar-refractivity contribution in [1.29, 1.82) is 0 Å². The minimum absolute atomic E-state index is 0.0262. The highest BCUT2D eigenvalue weighted by Crippen LogP contribution is 2.33. The molecule has 80 valence electrons. The Balaban J connectivity index is 2.50. The van der Waals surface area contributed by atoms with Gasteiger partial charge in [0.1, 0.15) is 4.88 Å². The fourth-order valence-electron chi connectivity index (χ4n) is 1.12. The predicted molar refractivity (Wildman–Crippen MR) is 56.9 cm³/mol. The summed E-state index contributed by atoms with van der Waals surface area (Å²) in [4.78, 5) is 0.780. The van der Waals surface area contributed by atoms with E-state index >= 15 is 0 Å². The van der Waals surface area contributed by atoms with Gasteiger partial charge in [-0.1, -0.05) is 30.4 Å². The Morgan fingerprint density at radius 2 is 1.93 bits per heavy atom. The van der Waals surface area contributed by atoms with Crippen LogP contribution in [0.25, 0.3) is 10.8 Å². The lowest BCUT2D eigenvalue weighted by molar-refractivity contribution is 0.550. The molecule has 0 aromatic carbocycles. The zero-order chi connectivity index (χ0) is 11.1. The fourth-order valence-corrected chi connectivity index (χ4v) is 2.03. The molecule has 0 saturated carbocycles. The van der Waals surface area contributed by atoms with Crippen LogP contribution in [0.4, 0.5) is 0 Å². The highest BCUT2D eigenvalue weighted by molar-refractivity contribution is 7.09. The zero-order valence-electron chi connectivity index (χ0n) is 8.48. The van der Waals surface area contributed by atoms with E-state index in [1.165, 1.54) is 11.5 Å². The van der Waals surface area contributed by atoms with Crippen LogP contribution in [0.2, 0.25) is 5.35 Å². The van der Waals surface area contributed by atoms with Gasteiger partial charge in [0.2, 0.25) is 0 Å². The van der Waals surface area contributed by atoms with Gasteiger partial charge in [-0.2, -0.15) is 0 Å². The second-order valence-corrected chi connectivity index (χ2v) is 5.14. The van der Waals surface area contributed by atoms with Crippen molar-refractivity contribution in [3.63, 3.8) is 0 Å². The van der Waals surface area contributed by atoms with Crippen LogP contribution in [0.1, 0.15) is 26.5 Å². The standard InChI is InChI=1S/C8H9ClN4OS/c1-8(2,3)5-4(15-13-10-5)6-11-12-7(9)14-6/h1-3H3. The molecule has 0 aliphatic rings. The van der Waals surface area contributed by atoms with E-state index in [0.717, 1.165) is 10.6 Å². The molecule has 0 amide bonds. The monoisotopic (exact) mass is 244 g/mol. The minimum atomic E-state index is -0.108. The first-order valence-corrected chi connectivity index (χ1v) is 5.46. The normalized spacial score (nSPS) is 12.0. The van der Waals surface area contributed by atoms with Gasteiger partial charge in [0.15, 0.2) is 0 Å². The molecule has 0 radical (unpaired) electrons. The average Bonchev–Trinajstić information content (AvgIpc) is 2.68. The third-order valence-electron chi connectivity index (χ3n) is 1.79. The van der Waals surface area contributed by atoms with Crippen LogP contribution in [0.15, 0.2) is 4.42 Å². The van der Waals surface area contributed by atoms with Crippen LogP contribution in [-0.2, 0) is 5.41 Å². The van der Waals surface area contributed by atoms with Crippen LogP contribution >= 0.6 is 23.1 Å². The molecular formula is C8H9ClN4OS. The van der Waals surface area contributed by atoms with E-state index in [1.807, 2.05) is 20.8 Å². The molecule has 2 aromatic heterocycles. The van der Waals surface area contributed by atoms with Crippen LogP contribution in [0.5, 0.6) is 0 Å². The predicted octanol–water partition coefficient (Wildman–Crippen LogP) is 2.54. The number of nitrogens with zero attached hydrogens (tertiary/aromatic N) is 4. The number of hydrogen-bond donors (Lipinski definition) is 0. The first-order chi connectivity index (χ1) is 6.98. The van der Waals surface area contributed by atoms with E-state index in [1.54, 1.807) is 0 Å². The molecule has 2 rings (SSSR count). The summed E-state index contributed by atoms with van der Waals surface area (Å²) in [7, 11) is 0. The van der Waals surface area contributed by atoms with Crippen LogP contribution in [0.3, 0.4) is 0 Å². The summed E-state index contributed by atoms with van der Waals surface area (Å²) in [6, 6.07) is 0. The summed E-state index contributed by atoms with van der Waals surface area (Å²) in [5, 5.41) is 11.5. The lowest BCUT2D eigenvalue weighted by atomic mass is 9.91. The van der Waals surface area contributed by atoms with Gasteiger partial charge in [-0.15, -0.1) is 10.2 Å². The average molecular weight is 245 g/mol. The highest BCUT2D eigenvalue weighted by Gasteiger charge is 2.26. The molecule has 0 aliphatic carbocycles. The van der Waals surface area contributed by atoms with Gasteiger partial charge >= 0.3 is 5.35 Å². The van der Waals surface area contributed by atoms with E-state index in [0.29, 0.717) is 5.89 Å². The van der Waals surface area contributed by atoms with E-state index < -0.39 is 0 Å². The third-order valence-corrected chi connectivity index (χ3v) is 2.66. The Hall–Kier alpha value is -1.01. The summed E-state index contributed by atoms with van der Waals surface area (Å²) in [5.74, 6) is 0.375. The molecule has 0 saturated heterocycles. The molecular weight excluding hydrogens is 236 g/mol. The van der Waals surface area contributed by atoms with E-state index in [4.69, 9.17) is 16.0 Å². The van der Waals surface area contributed by atoms with Gasteiger partial charge in [0.05, 0.1) is 5.69 Å². The molecule has 0 unspecified atom stereocenters. The van der Waals surface area contributed by atoms with Crippen molar-refractivity contribution >= 4 is 23.1 Å². The Labute approximate surface area is 95.6 Å². The van der Waals surface area contributed by atoms with Crippen molar-refractivity contribution in [2.24, 2.45) is 0 Å². The maximum Gasteiger partial charge on any atom is 0.313 e. The first kappa shape index (κ1) is 10.5. The van der Waals surface area contributed by atoms with Gasteiger partial charge < -0.3 is 4.42 Å². The molecule has 2 aromatic rings. The molecule has 7 heteroatoms. The topological polar surface area (TPSA) is 64.7 Å². The van der Waals surface area contributed by atoms with Gasteiger partial charge in [-0.25, -0.2) is 0 Å². The maximum atomic E-state index is 5.57. The first-order valence-electron chi connectivity index (χ1n) is 4.30. The van der Waals surface area contributed by atoms with Gasteiger partial charge in [-0.3, -0.25) is 0 Å². The molecule has 15 heavy (non-hydrogen) atoms. The molecule has 0 spiro atoms. The van der Waals surface area contributed by atoms with Crippen molar-refractivity contribution in [2.75, 3.05) is 0 Å². The molecule has 0 fully saturated rings. The van der Waals surface area contributed by atoms with Gasteiger partial charge in [0, 0.05) is 5.41 Å². The van der Waals surface area contributed by atoms with Crippen molar-refractivity contribution in [3.05, 3.63) is 11.0 Å². The van der Waals surface area contributed by atoms with E-state index in [9.17, 15) is 0 Å². The number of halogens is 1. The lowest BCUT2D eigenvalue weighted by Gasteiger charge is -2.14. The maximum absolute atomic E-state index is 5.57. The third kappa shape index (κ3) is 2.00. The quantitative estimate of drug-likeness (QED) is 0.771. The summed E-state index contributed by atoms with van der Waals surface area (Å²) >= 11 is 6.79. The molecule has 0 N–H and O–H groups in total. The van der Waals surface area contributed by atoms with Crippen molar-refractivity contribution in [1.82, 2.24) is 19.8 Å². The van der Waals surface area contributed by atoms with E-state index in [2.05, 4.69) is 19.8 Å². The highest BCUT2D eigenvalue weighted by atomic mass is 35.5. The molecule has 2 heterocycles. The second kappa shape index (κ2) is 3.53. The van der Waals surface area contributed by atoms with Gasteiger partial charge in [-0.05, 0) is 23.1 Å². The van der Waals surface area contributed by atoms with Crippen LogP contribution < -0.4 is 0 Å². The fraction of sp³-hybridized carbons (Fsp3) is 0.500. The van der Waals surface area contributed by atoms with Crippen LogP contribution in [-0.4, -0.2) is 19.8 Å². The lowest BCUT2D eigenvalue weighted by Crippen LogP contribution is -2.13. The SMILES string of the molecule is CC(C)(C)c1nnsc1-c1nnc(Cl)o1. The summed E-state index contributed by atoms with van der Waals surface area (Å²) in [6.45, 7) is 6.14. The van der Waals surface area contributed by atoms with E-state index in [-0.39, 0.29) is 10.8 Å². The Morgan fingerprint density at radius 1 is 1.20 bits per heavy atom. The summed E-state index contributed by atoms with van der Waals surface area (Å²) in [6.07, 6.45) is 0. The largest absolute Gasteiger partial charge is 0.406 e. The number of hydrogen-bond acceptors (Lipinski definition) is 6. The summed E-state index contributed by atoms with van der Waals surface area (Å²) in [5.41, 5.74) is 0.733. The summed E-state index contributed by atoms with van der Waals surface area (Å²) < 4.78 is 9.03. The smallest absolute Gasteiger partial charge is 0.313 e. The van der Waals surface area contributed by atoms with Crippen molar-refractivity contribution in [3.8, 4) is 10.8 Å².